The van der Waals surface area contributed by atoms with Gasteiger partial charge in [0.05, 0.1) is 5.41 Å². The lowest BCUT2D eigenvalue weighted by molar-refractivity contribution is 0.151. The van der Waals surface area contributed by atoms with Crippen LogP contribution >= 0.6 is 11.9 Å². The van der Waals surface area contributed by atoms with Crippen LogP contribution in [0.5, 0.6) is 11.5 Å². The maximum absolute atomic E-state index is 12.9. The Kier molecular flexibility index (Phi) is 4.54. The molecule has 0 aromatic heterocycles. The summed E-state index contributed by atoms with van der Waals surface area (Å²) in [5, 5.41) is 0. The summed E-state index contributed by atoms with van der Waals surface area (Å²) in [7, 11) is 0. The predicted molar refractivity (Wildman–Crippen MR) is 108 cm³/mol. The van der Waals surface area contributed by atoms with Gasteiger partial charge in [0.15, 0.2) is 0 Å². The van der Waals surface area contributed by atoms with E-state index in [1.54, 1.807) is 24.1 Å². The molecule has 3 heterocycles. The summed E-state index contributed by atoms with van der Waals surface area (Å²) in [5.41, 5.74) is 1.27. The maximum atomic E-state index is 12.9. The fraction of sp³-hybridized carbons (Fsp3) is 0.409. The highest BCUT2D eigenvalue weighted by atomic mass is 32.2. The highest BCUT2D eigenvalue weighted by Gasteiger charge is 2.51. The average Bonchev–Trinajstić information content (AvgIpc) is 2.75. The number of fused-ring (bicyclic) bond motifs is 2. The number of halogens is 2. The Morgan fingerprint density at radius 3 is 2.61 bits per heavy atom. The number of amidine groups is 1. The maximum Gasteiger partial charge on any atom is 0.263 e. The zero-order chi connectivity index (χ0) is 19.1. The van der Waals surface area contributed by atoms with Gasteiger partial charge in [0, 0.05) is 23.9 Å². The highest BCUT2D eigenvalue weighted by molar-refractivity contribution is 7.98. The van der Waals surface area contributed by atoms with E-state index in [-0.39, 0.29) is 11.0 Å². The van der Waals surface area contributed by atoms with Gasteiger partial charge in [0.2, 0.25) is 0 Å². The van der Waals surface area contributed by atoms with Crippen LogP contribution in [-0.2, 0) is 5.41 Å². The molecular formula is C22H22F2N2OS. The topological polar surface area (TPSA) is 24.8 Å². The van der Waals surface area contributed by atoms with Crippen molar-refractivity contribution in [3.63, 3.8) is 0 Å². The lowest BCUT2D eigenvalue weighted by atomic mass is 9.63. The molecule has 0 unspecified atom stereocenters. The van der Waals surface area contributed by atoms with Crippen molar-refractivity contribution in [3.8, 4) is 11.5 Å². The largest absolute Gasteiger partial charge is 0.457 e. The molecule has 2 aromatic carbocycles. The normalized spacial score (nSPS) is 26.2. The van der Waals surface area contributed by atoms with E-state index in [1.165, 1.54) is 36.4 Å². The fourth-order valence-electron chi connectivity index (χ4n) is 4.86. The number of benzene rings is 2. The van der Waals surface area contributed by atoms with E-state index >= 15 is 0 Å². The molecule has 0 spiro atoms. The summed E-state index contributed by atoms with van der Waals surface area (Å²) in [6.07, 6.45) is 2.24. The summed E-state index contributed by atoms with van der Waals surface area (Å²) in [4.78, 5) is 2.53. The van der Waals surface area contributed by atoms with Crippen molar-refractivity contribution in [1.29, 1.82) is 0 Å². The Balaban J connectivity index is 1.41. The van der Waals surface area contributed by atoms with Gasteiger partial charge in [-0.15, -0.1) is 0 Å². The van der Waals surface area contributed by atoms with Crippen LogP contribution in [0.4, 0.5) is 8.78 Å². The van der Waals surface area contributed by atoms with Crippen molar-refractivity contribution < 1.29 is 13.5 Å². The minimum absolute atomic E-state index is 0.0102. The molecule has 3 aliphatic heterocycles. The number of ether oxygens (including phenoxy) is 1. The molecule has 2 saturated heterocycles. The minimum atomic E-state index is -2.50. The molecule has 1 aliphatic carbocycles. The molecule has 3 fully saturated rings. The lowest BCUT2D eigenvalue weighted by Crippen LogP contribution is -2.61. The summed E-state index contributed by atoms with van der Waals surface area (Å²) < 4.78 is 36.5. The number of nitrogens with zero attached hydrogens (tertiary/aromatic N) is 2. The quantitative estimate of drug-likeness (QED) is 0.591. The molecule has 3 nitrogen and oxygen atoms in total. The molecule has 4 aliphatic rings. The summed E-state index contributed by atoms with van der Waals surface area (Å²) >= 11 is 1.68. The molecular weight excluding hydrogens is 378 g/mol. The van der Waals surface area contributed by atoms with E-state index in [0.29, 0.717) is 17.5 Å². The van der Waals surface area contributed by atoms with E-state index in [0.717, 1.165) is 25.1 Å². The number of hydrogen-bond donors (Lipinski definition) is 0. The van der Waals surface area contributed by atoms with Crippen molar-refractivity contribution in [2.24, 2.45) is 4.40 Å². The highest BCUT2D eigenvalue weighted by Crippen LogP contribution is 2.49. The SMILES string of the molecule is FC(F)c1cccc(Oc2ccc(C34CCC(CC3)N3CCSN=C34)cc2)c1. The third-order valence-corrected chi connectivity index (χ3v) is 6.94. The van der Waals surface area contributed by atoms with Crippen molar-refractivity contribution in [1.82, 2.24) is 4.90 Å². The molecule has 2 bridgehead atoms. The number of rotatable bonds is 4. The molecule has 6 heteroatoms. The first-order valence-electron chi connectivity index (χ1n) is 9.79. The molecule has 0 N–H and O–H groups in total. The van der Waals surface area contributed by atoms with Gasteiger partial charge in [-0.2, -0.15) is 0 Å². The molecule has 28 heavy (non-hydrogen) atoms. The van der Waals surface area contributed by atoms with Gasteiger partial charge in [-0.05, 0) is 67.5 Å². The number of piperidine rings is 2. The van der Waals surface area contributed by atoms with Gasteiger partial charge >= 0.3 is 0 Å². The third kappa shape index (κ3) is 2.98. The molecule has 146 valence electrons. The predicted octanol–water partition coefficient (Wildman–Crippen LogP) is 5.97. The van der Waals surface area contributed by atoms with Crippen LogP contribution in [-0.4, -0.2) is 29.1 Å². The second kappa shape index (κ2) is 7.07. The van der Waals surface area contributed by atoms with E-state index in [9.17, 15) is 8.78 Å². The van der Waals surface area contributed by atoms with Crippen LogP contribution in [0.3, 0.4) is 0 Å². The van der Waals surface area contributed by atoms with Crippen molar-refractivity contribution in [3.05, 3.63) is 59.7 Å². The molecule has 0 radical (unpaired) electrons. The third-order valence-electron chi connectivity index (χ3n) is 6.28. The van der Waals surface area contributed by atoms with E-state index in [2.05, 4.69) is 17.0 Å². The Bertz CT molecular complexity index is 892. The zero-order valence-electron chi connectivity index (χ0n) is 15.5. The van der Waals surface area contributed by atoms with Crippen LogP contribution in [0.2, 0.25) is 0 Å². The Hall–Kier alpha value is -2.08. The van der Waals surface area contributed by atoms with Crippen LogP contribution < -0.4 is 4.74 Å². The van der Waals surface area contributed by atoms with Crippen molar-refractivity contribution in [2.75, 3.05) is 12.3 Å². The second-order valence-corrected chi connectivity index (χ2v) is 8.60. The number of alkyl halides is 2. The smallest absolute Gasteiger partial charge is 0.263 e. The fourth-order valence-corrected chi connectivity index (χ4v) is 5.63. The Morgan fingerprint density at radius 1 is 1.07 bits per heavy atom. The van der Waals surface area contributed by atoms with Gasteiger partial charge in [-0.3, -0.25) is 0 Å². The Morgan fingerprint density at radius 2 is 1.86 bits per heavy atom. The molecule has 0 atom stereocenters. The molecule has 1 saturated carbocycles. The zero-order valence-corrected chi connectivity index (χ0v) is 16.3. The van der Waals surface area contributed by atoms with Gasteiger partial charge in [0.25, 0.3) is 6.43 Å². The lowest BCUT2D eigenvalue weighted by Gasteiger charge is -2.55. The minimum Gasteiger partial charge on any atom is -0.457 e. The van der Waals surface area contributed by atoms with E-state index in [1.807, 2.05) is 12.1 Å². The standard InChI is InChI=1S/C22H22F2N2OS/c23-20(24)15-2-1-3-19(14-15)27-18-6-4-16(5-7-18)22-10-8-17(9-11-22)26-12-13-28-25-21(22)26/h1-7,14,17,20H,8-13H2. The molecule has 2 aromatic rings. The van der Waals surface area contributed by atoms with Gasteiger partial charge in [0.1, 0.15) is 17.3 Å². The van der Waals surface area contributed by atoms with Gasteiger partial charge < -0.3 is 9.64 Å². The van der Waals surface area contributed by atoms with Crippen LogP contribution in [0, 0.1) is 0 Å². The molecule has 0 amide bonds. The van der Waals surface area contributed by atoms with E-state index < -0.39 is 6.43 Å². The van der Waals surface area contributed by atoms with E-state index in [4.69, 9.17) is 9.13 Å². The first-order chi connectivity index (χ1) is 13.7. The number of hydrogen-bond acceptors (Lipinski definition) is 4. The van der Waals surface area contributed by atoms with Gasteiger partial charge in [-0.25, -0.2) is 13.2 Å². The summed E-state index contributed by atoms with van der Waals surface area (Å²) in [5.74, 6) is 3.42. The Labute approximate surface area is 167 Å². The summed E-state index contributed by atoms with van der Waals surface area (Å²) in [6.45, 7) is 1.09. The second-order valence-electron chi connectivity index (χ2n) is 7.75. The first kappa shape index (κ1) is 18.0. The summed E-state index contributed by atoms with van der Waals surface area (Å²) in [6, 6.07) is 14.9. The van der Waals surface area contributed by atoms with Gasteiger partial charge in [-0.1, -0.05) is 24.3 Å². The van der Waals surface area contributed by atoms with Crippen molar-refractivity contribution in [2.45, 2.75) is 43.6 Å². The first-order valence-corrected chi connectivity index (χ1v) is 10.7. The van der Waals surface area contributed by atoms with Crippen LogP contribution in [0.1, 0.15) is 43.2 Å². The average molecular weight is 400 g/mol. The monoisotopic (exact) mass is 400 g/mol. The van der Waals surface area contributed by atoms with Crippen LogP contribution in [0.15, 0.2) is 52.9 Å². The molecule has 6 rings (SSSR count). The van der Waals surface area contributed by atoms with Crippen molar-refractivity contribution >= 4 is 17.8 Å². The van der Waals surface area contributed by atoms with Crippen LogP contribution in [0.25, 0.3) is 0 Å².